The standard InChI is InChI=1S/C27H27N5/c1-26(2)19-15-16-27(26,3)25-23(19)24(30-31-25)20-12-9-14-22(29-20)32(18-10-5-4-6-11-18)21-13-7-8-17-28-21/h4-14,17,19H,15-16H2,1-3H3,(H,30,31). The maximum atomic E-state index is 5.10. The quantitative estimate of drug-likeness (QED) is 0.408. The maximum Gasteiger partial charge on any atom is 0.139 e. The number of fused-ring (bicyclic) bond motifs is 5. The fourth-order valence-corrected chi connectivity index (χ4v) is 5.88. The smallest absolute Gasteiger partial charge is 0.139 e. The number of H-pyrrole nitrogens is 1. The van der Waals surface area contributed by atoms with Crippen molar-refractivity contribution in [2.24, 2.45) is 5.41 Å². The Morgan fingerprint density at radius 2 is 1.69 bits per heavy atom. The van der Waals surface area contributed by atoms with E-state index in [0.717, 1.165) is 28.7 Å². The Bertz CT molecular complexity index is 1240. The molecule has 3 aromatic heterocycles. The van der Waals surface area contributed by atoms with Crippen molar-refractivity contribution in [2.45, 2.75) is 44.9 Å². The Morgan fingerprint density at radius 1 is 0.906 bits per heavy atom. The van der Waals surface area contributed by atoms with Crippen molar-refractivity contribution in [1.82, 2.24) is 20.2 Å². The Morgan fingerprint density at radius 3 is 2.47 bits per heavy atom. The number of aromatic nitrogens is 4. The summed E-state index contributed by atoms with van der Waals surface area (Å²) in [5.74, 6) is 2.18. The van der Waals surface area contributed by atoms with Gasteiger partial charge in [-0.3, -0.25) is 10.00 Å². The highest BCUT2D eigenvalue weighted by molar-refractivity contribution is 5.74. The first kappa shape index (κ1) is 19.2. The highest BCUT2D eigenvalue weighted by Gasteiger charge is 2.61. The summed E-state index contributed by atoms with van der Waals surface area (Å²) in [6.45, 7) is 7.21. The average Bonchev–Trinajstić information content (AvgIpc) is 3.40. The normalized spacial score (nSPS) is 22.7. The third kappa shape index (κ3) is 2.54. The van der Waals surface area contributed by atoms with Crippen molar-refractivity contribution >= 4 is 17.3 Å². The predicted molar refractivity (Wildman–Crippen MR) is 127 cm³/mol. The number of anilines is 3. The molecule has 2 unspecified atom stereocenters. The zero-order valence-electron chi connectivity index (χ0n) is 18.7. The topological polar surface area (TPSA) is 57.7 Å². The van der Waals surface area contributed by atoms with Gasteiger partial charge in [-0.05, 0) is 60.6 Å². The Hall–Kier alpha value is -3.47. The Kier molecular flexibility index (Phi) is 4.06. The molecule has 5 nitrogen and oxygen atoms in total. The second-order valence-corrected chi connectivity index (χ2v) is 9.75. The number of pyridine rings is 2. The molecular formula is C27H27N5. The third-order valence-corrected chi connectivity index (χ3v) is 8.03. The van der Waals surface area contributed by atoms with Gasteiger partial charge in [0.1, 0.15) is 17.3 Å². The number of benzene rings is 1. The van der Waals surface area contributed by atoms with Gasteiger partial charge >= 0.3 is 0 Å². The van der Waals surface area contributed by atoms with Gasteiger partial charge in [-0.15, -0.1) is 0 Å². The molecule has 4 aromatic rings. The molecule has 2 aliphatic rings. The summed E-state index contributed by atoms with van der Waals surface area (Å²) in [7, 11) is 0. The molecule has 1 fully saturated rings. The summed E-state index contributed by atoms with van der Waals surface area (Å²) in [6, 6.07) is 22.4. The van der Waals surface area contributed by atoms with Crippen molar-refractivity contribution in [3.05, 3.63) is 84.2 Å². The minimum atomic E-state index is 0.153. The van der Waals surface area contributed by atoms with Gasteiger partial charge < -0.3 is 0 Å². The first-order valence-corrected chi connectivity index (χ1v) is 11.3. The molecule has 160 valence electrons. The lowest BCUT2D eigenvalue weighted by atomic mass is 9.70. The molecule has 0 saturated heterocycles. The molecule has 32 heavy (non-hydrogen) atoms. The molecule has 3 heterocycles. The van der Waals surface area contributed by atoms with E-state index in [2.05, 4.69) is 60.0 Å². The Balaban J connectivity index is 1.48. The Labute approximate surface area is 188 Å². The van der Waals surface area contributed by atoms with Crippen LogP contribution in [0.5, 0.6) is 0 Å². The van der Waals surface area contributed by atoms with Crippen LogP contribution in [0.1, 0.15) is 50.8 Å². The second-order valence-electron chi connectivity index (χ2n) is 9.75. The summed E-state index contributed by atoms with van der Waals surface area (Å²) < 4.78 is 0. The minimum absolute atomic E-state index is 0.153. The van der Waals surface area contributed by atoms with E-state index in [1.807, 2.05) is 48.7 Å². The second kappa shape index (κ2) is 6.76. The molecular weight excluding hydrogens is 394 g/mol. The molecule has 0 aliphatic heterocycles. The van der Waals surface area contributed by atoms with Crippen LogP contribution in [0.2, 0.25) is 0 Å². The summed E-state index contributed by atoms with van der Waals surface area (Å²) in [5.41, 5.74) is 5.99. The molecule has 0 amide bonds. The van der Waals surface area contributed by atoms with Crippen molar-refractivity contribution in [1.29, 1.82) is 0 Å². The van der Waals surface area contributed by atoms with Crippen molar-refractivity contribution in [2.75, 3.05) is 4.90 Å². The van der Waals surface area contributed by atoms with Crippen LogP contribution >= 0.6 is 0 Å². The van der Waals surface area contributed by atoms with E-state index in [1.54, 1.807) is 0 Å². The van der Waals surface area contributed by atoms with E-state index in [0.29, 0.717) is 5.92 Å². The lowest BCUT2D eigenvalue weighted by molar-refractivity contribution is 0.225. The fourth-order valence-electron chi connectivity index (χ4n) is 5.88. The van der Waals surface area contributed by atoms with Gasteiger partial charge in [-0.25, -0.2) is 9.97 Å². The van der Waals surface area contributed by atoms with E-state index in [9.17, 15) is 0 Å². The predicted octanol–water partition coefficient (Wildman–Crippen LogP) is 6.51. The molecule has 0 spiro atoms. The van der Waals surface area contributed by atoms with E-state index in [1.165, 1.54) is 24.1 Å². The molecule has 1 saturated carbocycles. The molecule has 1 aromatic carbocycles. The molecule has 1 N–H and O–H groups in total. The van der Waals surface area contributed by atoms with E-state index in [-0.39, 0.29) is 10.8 Å². The van der Waals surface area contributed by atoms with Gasteiger partial charge in [0.2, 0.25) is 0 Å². The zero-order chi connectivity index (χ0) is 21.9. The SMILES string of the molecule is CC12CCC(c3c(-c4cccc(N(c5ccccc5)c5ccccn5)n4)n[nH]c31)C2(C)C. The number of hydrogen-bond acceptors (Lipinski definition) is 4. The first-order chi connectivity index (χ1) is 15.5. The van der Waals surface area contributed by atoms with Crippen LogP contribution in [0.15, 0.2) is 72.9 Å². The largest absolute Gasteiger partial charge is 0.281 e. The summed E-state index contributed by atoms with van der Waals surface area (Å²) in [5, 5.41) is 8.19. The number of hydrogen-bond donors (Lipinski definition) is 1. The molecule has 2 bridgehead atoms. The monoisotopic (exact) mass is 421 g/mol. The van der Waals surface area contributed by atoms with E-state index < -0.39 is 0 Å². The van der Waals surface area contributed by atoms with Crippen LogP contribution in [0.4, 0.5) is 17.3 Å². The van der Waals surface area contributed by atoms with Gasteiger partial charge in [0.05, 0.1) is 5.69 Å². The van der Waals surface area contributed by atoms with Crippen LogP contribution < -0.4 is 4.90 Å². The van der Waals surface area contributed by atoms with Crippen LogP contribution in [-0.4, -0.2) is 20.2 Å². The highest BCUT2D eigenvalue weighted by atomic mass is 15.2. The minimum Gasteiger partial charge on any atom is -0.281 e. The van der Waals surface area contributed by atoms with E-state index in [4.69, 9.17) is 10.1 Å². The zero-order valence-corrected chi connectivity index (χ0v) is 18.7. The number of rotatable bonds is 4. The van der Waals surface area contributed by atoms with Gasteiger partial charge in [-0.2, -0.15) is 5.10 Å². The highest BCUT2D eigenvalue weighted by Crippen LogP contribution is 2.68. The summed E-state index contributed by atoms with van der Waals surface area (Å²) >= 11 is 0. The third-order valence-electron chi connectivity index (χ3n) is 8.03. The molecule has 2 aliphatic carbocycles. The van der Waals surface area contributed by atoms with Crippen LogP contribution in [0.3, 0.4) is 0 Å². The van der Waals surface area contributed by atoms with Crippen LogP contribution in [0.25, 0.3) is 11.4 Å². The fraction of sp³-hybridized carbons (Fsp3) is 0.296. The number of para-hydroxylation sites is 1. The molecule has 5 heteroatoms. The van der Waals surface area contributed by atoms with Crippen LogP contribution in [0, 0.1) is 5.41 Å². The number of nitrogens with one attached hydrogen (secondary N) is 1. The van der Waals surface area contributed by atoms with E-state index >= 15 is 0 Å². The molecule has 0 radical (unpaired) electrons. The average molecular weight is 422 g/mol. The summed E-state index contributed by atoms with van der Waals surface area (Å²) in [4.78, 5) is 11.8. The maximum absolute atomic E-state index is 5.10. The number of nitrogens with zero attached hydrogens (tertiary/aromatic N) is 4. The van der Waals surface area contributed by atoms with Gasteiger partial charge in [0, 0.05) is 28.6 Å². The van der Waals surface area contributed by atoms with Gasteiger partial charge in [0.25, 0.3) is 0 Å². The molecule has 6 rings (SSSR count). The lowest BCUT2D eigenvalue weighted by Crippen LogP contribution is -2.32. The van der Waals surface area contributed by atoms with Crippen molar-refractivity contribution in [3.8, 4) is 11.4 Å². The summed E-state index contributed by atoms with van der Waals surface area (Å²) in [6.07, 6.45) is 4.25. The van der Waals surface area contributed by atoms with Crippen molar-refractivity contribution < 1.29 is 0 Å². The van der Waals surface area contributed by atoms with Gasteiger partial charge in [0.15, 0.2) is 0 Å². The molecule has 2 atom stereocenters. The number of aromatic amines is 1. The van der Waals surface area contributed by atoms with Gasteiger partial charge in [-0.1, -0.05) is 51.1 Å². The van der Waals surface area contributed by atoms with Crippen LogP contribution in [-0.2, 0) is 5.41 Å². The first-order valence-electron chi connectivity index (χ1n) is 11.3. The lowest BCUT2D eigenvalue weighted by Gasteiger charge is -2.34. The van der Waals surface area contributed by atoms with Crippen molar-refractivity contribution in [3.63, 3.8) is 0 Å².